The minimum atomic E-state index is -0.683. The van der Waals surface area contributed by atoms with Crippen molar-refractivity contribution in [3.05, 3.63) is 24.3 Å². The normalized spacial score (nSPS) is 12.7. The minimum Gasteiger partial charge on any atom is -0.466 e. The summed E-state index contributed by atoms with van der Waals surface area (Å²) in [5.41, 5.74) is 0. The van der Waals surface area contributed by atoms with Crippen LogP contribution in [0.25, 0.3) is 0 Å². The van der Waals surface area contributed by atoms with E-state index in [9.17, 15) is 19.8 Å². The Labute approximate surface area is 431 Å². The molecule has 0 saturated heterocycles. The smallest absolute Gasteiger partial charge is 0.305 e. The largest absolute Gasteiger partial charge is 0.466 e. The fraction of sp³-hybridized carbons (Fsp3) is 0.905. The van der Waals surface area contributed by atoms with Crippen LogP contribution in [-0.2, 0) is 14.3 Å². The minimum absolute atomic E-state index is 0.0195. The number of carbonyl (C=O) groups is 2. The molecule has 0 bridgehead atoms. The number of amides is 1. The van der Waals surface area contributed by atoms with Gasteiger partial charge in [0.2, 0.25) is 5.91 Å². The van der Waals surface area contributed by atoms with Crippen LogP contribution in [0.2, 0.25) is 0 Å². The molecule has 2 atom stereocenters. The molecule has 0 heterocycles. The number of ether oxygens (including phenoxy) is 1. The first-order valence-corrected chi connectivity index (χ1v) is 31.1. The second-order valence-corrected chi connectivity index (χ2v) is 21.4. The molecule has 0 aliphatic carbocycles. The predicted molar refractivity (Wildman–Crippen MR) is 301 cm³/mol. The van der Waals surface area contributed by atoms with Crippen LogP contribution in [0.15, 0.2) is 24.3 Å². The Morgan fingerprint density at radius 1 is 0.391 bits per heavy atom. The van der Waals surface area contributed by atoms with E-state index in [0.717, 1.165) is 70.6 Å². The topological polar surface area (TPSA) is 95.9 Å². The Hall–Kier alpha value is -1.66. The van der Waals surface area contributed by atoms with Crippen molar-refractivity contribution in [1.82, 2.24) is 5.32 Å². The van der Waals surface area contributed by atoms with Gasteiger partial charge in [-0.15, -0.1) is 0 Å². The van der Waals surface area contributed by atoms with E-state index in [-0.39, 0.29) is 18.5 Å². The van der Waals surface area contributed by atoms with E-state index in [1.807, 2.05) is 0 Å². The Kier molecular flexibility index (Phi) is 57.5. The third-order valence-electron chi connectivity index (χ3n) is 14.5. The van der Waals surface area contributed by atoms with E-state index in [1.165, 1.54) is 238 Å². The lowest BCUT2D eigenvalue weighted by molar-refractivity contribution is -0.143. The molecular weight excluding hydrogens is 851 g/mol. The fourth-order valence-corrected chi connectivity index (χ4v) is 9.69. The summed E-state index contributed by atoms with van der Waals surface area (Å²) in [6, 6.07) is -0.563. The van der Waals surface area contributed by atoms with Gasteiger partial charge in [-0.3, -0.25) is 9.59 Å². The summed E-state index contributed by atoms with van der Waals surface area (Å²) in [6.07, 6.45) is 71.8. The summed E-state index contributed by atoms with van der Waals surface area (Å²) < 4.78 is 5.46. The zero-order valence-corrected chi connectivity index (χ0v) is 46.6. The molecule has 0 saturated carbocycles. The van der Waals surface area contributed by atoms with Gasteiger partial charge >= 0.3 is 5.97 Å². The Balaban J connectivity index is 3.48. The van der Waals surface area contributed by atoms with Gasteiger partial charge in [0.1, 0.15) is 0 Å². The summed E-state index contributed by atoms with van der Waals surface area (Å²) in [5, 5.41) is 23.4. The molecule has 0 fully saturated rings. The number of allylic oxidation sites excluding steroid dienone is 4. The van der Waals surface area contributed by atoms with Crippen LogP contribution in [0, 0.1) is 0 Å². The highest BCUT2D eigenvalue weighted by molar-refractivity contribution is 5.76. The highest BCUT2D eigenvalue weighted by Gasteiger charge is 2.20. The number of nitrogens with one attached hydrogen (secondary N) is 1. The molecule has 1 amide bonds. The van der Waals surface area contributed by atoms with E-state index in [4.69, 9.17) is 4.74 Å². The quantitative estimate of drug-likeness (QED) is 0.0321. The molecule has 6 heteroatoms. The summed E-state index contributed by atoms with van der Waals surface area (Å²) in [4.78, 5) is 24.6. The number of aliphatic hydroxyl groups is 2. The van der Waals surface area contributed by atoms with Crippen LogP contribution in [0.3, 0.4) is 0 Å². The van der Waals surface area contributed by atoms with Gasteiger partial charge in [0.05, 0.1) is 25.4 Å². The predicted octanol–water partition coefficient (Wildman–Crippen LogP) is 19.4. The SMILES string of the molecule is CCCCCCCC/C=C\CCCCCCCC(=O)OCCCCCCCC/C=C\CCCCCC(=O)NC(CO)C(O)CCCCCCCCCCCCCCCCCCCCCCCCCC. The lowest BCUT2D eigenvalue weighted by atomic mass is 10.0. The molecular formula is C63H121NO5. The van der Waals surface area contributed by atoms with Crippen LogP contribution in [0.1, 0.15) is 341 Å². The molecule has 3 N–H and O–H groups in total. The maximum atomic E-state index is 12.5. The number of aliphatic hydroxyl groups excluding tert-OH is 2. The zero-order valence-electron chi connectivity index (χ0n) is 46.6. The first kappa shape index (κ1) is 67.3. The molecule has 0 aromatic carbocycles. The third kappa shape index (κ3) is 55.5. The second-order valence-electron chi connectivity index (χ2n) is 21.4. The van der Waals surface area contributed by atoms with Gasteiger partial charge in [0.15, 0.2) is 0 Å². The van der Waals surface area contributed by atoms with E-state index in [1.54, 1.807) is 0 Å². The molecule has 0 spiro atoms. The van der Waals surface area contributed by atoms with Gasteiger partial charge in [0.25, 0.3) is 0 Å². The molecule has 408 valence electrons. The highest BCUT2D eigenvalue weighted by Crippen LogP contribution is 2.18. The van der Waals surface area contributed by atoms with Crippen LogP contribution in [0.5, 0.6) is 0 Å². The van der Waals surface area contributed by atoms with Gasteiger partial charge in [-0.1, -0.05) is 276 Å². The number of carbonyl (C=O) groups excluding carboxylic acids is 2. The standard InChI is InChI=1S/C63H121NO5/c1-3-5-7-9-11-13-15-17-19-20-21-22-23-24-25-26-27-29-31-35-39-43-47-51-55-61(66)60(59-65)64-62(67)56-52-48-44-40-36-32-30-34-38-42-46-50-54-58-69-63(68)57-53-49-45-41-37-33-28-18-16-14-12-10-8-6-4-2/h18,28,32,36,60-61,65-66H,3-17,19-27,29-31,33-35,37-59H2,1-2H3,(H,64,67)/b28-18-,36-32-. The van der Waals surface area contributed by atoms with Gasteiger partial charge in [0, 0.05) is 12.8 Å². The molecule has 0 aromatic heterocycles. The average Bonchev–Trinajstić information content (AvgIpc) is 3.35. The first-order chi connectivity index (χ1) is 34.0. The highest BCUT2D eigenvalue weighted by atomic mass is 16.5. The Bertz CT molecular complexity index is 1080. The lowest BCUT2D eigenvalue weighted by Gasteiger charge is -2.22. The molecule has 0 rings (SSSR count). The van der Waals surface area contributed by atoms with E-state index in [0.29, 0.717) is 25.9 Å². The number of unbranched alkanes of at least 4 members (excludes halogenated alkanes) is 43. The van der Waals surface area contributed by atoms with Crippen molar-refractivity contribution in [3.63, 3.8) is 0 Å². The van der Waals surface area contributed by atoms with Gasteiger partial charge in [-0.25, -0.2) is 0 Å². The van der Waals surface area contributed by atoms with E-state index in [2.05, 4.69) is 43.5 Å². The molecule has 0 radical (unpaired) electrons. The second kappa shape index (κ2) is 58.9. The molecule has 0 aromatic rings. The van der Waals surface area contributed by atoms with Crippen molar-refractivity contribution in [2.75, 3.05) is 13.2 Å². The van der Waals surface area contributed by atoms with Crippen molar-refractivity contribution in [2.45, 2.75) is 353 Å². The Morgan fingerprint density at radius 3 is 1.04 bits per heavy atom. The maximum Gasteiger partial charge on any atom is 0.305 e. The number of hydrogen-bond donors (Lipinski definition) is 3. The van der Waals surface area contributed by atoms with Crippen molar-refractivity contribution in [2.24, 2.45) is 0 Å². The molecule has 0 aliphatic rings. The lowest BCUT2D eigenvalue weighted by Crippen LogP contribution is -2.45. The average molecular weight is 973 g/mol. The third-order valence-corrected chi connectivity index (χ3v) is 14.5. The maximum absolute atomic E-state index is 12.5. The van der Waals surface area contributed by atoms with Crippen LogP contribution < -0.4 is 5.32 Å². The first-order valence-electron chi connectivity index (χ1n) is 31.1. The summed E-state index contributed by atoms with van der Waals surface area (Å²) in [7, 11) is 0. The monoisotopic (exact) mass is 972 g/mol. The fourth-order valence-electron chi connectivity index (χ4n) is 9.69. The van der Waals surface area contributed by atoms with E-state index < -0.39 is 12.1 Å². The van der Waals surface area contributed by atoms with Gasteiger partial charge in [-0.05, 0) is 77.0 Å². The Morgan fingerprint density at radius 2 is 0.681 bits per heavy atom. The summed E-state index contributed by atoms with van der Waals surface area (Å²) in [5.74, 6) is -0.0813. The number of esters is 1. The van der Waals surface area contributed by atoms with Crippen molar-refractivity contribution in [1.29, 1.82) is 0 Å². The van der Waals surface area contributed by atoms with Crippen LogP contribution in [0.4, 0.5) is 0 Å². The molecule has 6 nitrogen and oxygen atoms in total. The van der Waals surface area contributed by atoms with E-state index >= 15 is 0 Å². The van der Waals surface area contributed by atoms with Crippen molar-refractivity contribution >= 4 is 11.9 Å². The number of hydrogen-bond acceptors (Lipinski definition) is 5. The number of rotatable bonds is 58. The van der Waals surface area contributed by atoms with Gasteiger partial charge < -0.3 is 20.3 Å². The molecule has 0 aliphatic heterocycles. The van der Waals surface area contributed by atoms with Crippen LogP contribution in [-0.4, -0.2) is 47.4 Å². The zero-order chi connectivity index (χ0) is 50.0. The summed E-state index contributed by atoms with van der Waals surface area (Å²) >= 11 is 0. The molecule has 69 heavy (non-hydrogen) atoms. The van der Waals surface area contributed by atoms with Gasteiger partial charge in [-0.2, -0.15) is 0 Å². The summed E-state index contributed by atoms with van der Waals surface area (Å²) in [6.45, 7) is 4.93. The van der Waals surface area contributed by atoms with Crippen molar-refractivity contribution in [3.8, 4) is 0 Å². The molecule has 2 unspecified atom stereocenters. The van der Waals surface area contributed by atoms with Crippen molar-refractivity contribution < 1.29 is 24.5 Å². The van der Waals surface area contributed by atoms with Crippen LogP contribution >= 0.6 is 0 Å².